The summed E-state index contributed by atoms with van der Waals surface area (Å²) < 4.78 is 22.8. The normalized spacial score (nSPS) is 11.7. The molecule has 0 aliphatic carbocycles. The Morgan fingerprint density at radius 3 is 2.47 bits per heavy atom. The molecule has 15 heavy (non-hydrogen) atoms. The van der Waals surface area contributed by atoms with Gasteiger partial charge in [0, 0.05) is 12.8 Å². The van der Waals surface area contributed by atoms with E-state index in [9.17, 15) is 13.5 Å². The molecule has 0 aromatic heterocycles. The zero-order valence-electron chi connectivity index (χ0n) is 8.48. The second-order valence-corrected chi connectivity index (χ2v) is 5.34. The number of aryl methyl sites for hydroxylation is 1. The van der Waals surface area contributed by atoms with Gasteiger partial charge in [0.2, 0.25) is 0 Å². The monoisotopic (exact) mass is 231 g/mol. The second-order valence-electron chi connectivity index (χ2n) is 3.35. The quantitative estimate of drug-likeness (QED) is 0.662. The Balaban J connectivity index is 3.42. The first-order chi connectivity index (χ1) is 6.86. The molecule has 5 nitrogen and oxygen atoms in total. The van der Waals surface area contributed by atoms with E-state index in [4.69, 9.17) is 5.21 Å². The van der Waals surface area contributed by atoms with Crippen molar-refractivity contribution in [1.29, 1.82) is 0 Å². The molecule has 0 amide bonds. The molecular weight excluding hydrogens is 218 g/mol. The Hall–Kier alpha value is -1.11. The number of aromatic hydroxyl groups is 1. The lowest BCUT2D eigenvalue weighted by molar-refractivity contribution is 0.160. The van der Waals surface area contributed by atoms with Crippen molar-refractivity contribution in [3.63, 3.8) is 0 Å². The Morgan fingerprint density at radius 2 is 2.00 bits per heavy atom. The molecule has 0 radical (unpaired) electrons. The van der Waals surface area contributed by atoms with Gasteiger partial charge < -0.3 is 10.3 Å². The number of phenols is 1. The maximum absolute atomic E-state index is 11.4. The Morgan fingerprint density at radius 1 is 1.40 bits per heavy atom. The van der Waals surface area contributed by atoms with Gasteiger partial charge in [-0.25, -0.2) is 13.9 Å². The third-order valence-corrected chi connectivity index (χ3v) is 3.23. The molecule has 0 bridgehead atoms. The minimum atomic E-state index is -3.36. The van der Waals surface area contributed by atoms with E-state index in [1.165, 1.54) is 12.1 Å². The largest absolute Gasteiger partial charge is 0.508 e. The van der Waals surface area contributed by atoms with Crippen molar-refractivity contribution in [3.8, 4) is 5.75 Å². The fraction of sp³-hybridized carbons (Fsp3) is 0.333. The van der Waals surface area contributed by atoms with Gasteiger partial charge in [-0.3, -0.25) is 0 Å². The Kier molecular flexibility index (Phi) is 3.33. The number of benzene rings is 1. The van der Waals surface area contributed by atoms with Gasteiger partial charge in [-0.1, -0.05) is 0 Å². The first kappa shape index (κ1) is 12.0. The van der Waals surface area contributed by atoms with Crippen molar-refractivity contribution in [1.82, 2.24) is 5.48 Å². The zero-order valence-corrected chi connectivity index (χ0v) is 9.30. The molecular formula is C9H13NO4S. The van der Waals surface area contributed by atoms with Gasteiger partial charge in [-0.2, -0.15) is 0 Å². The summed E-state index contributed by atoms with van der Waals surface area (Å²) in [5.74, 6) is 0.00708. The minimum absolute atomic E-state index is 0.00708. The second kappa shape index (κ2) is 4.18. The molecule has 0 heterocycles. The van der Waals surface area contributed by atoms with Crippen molar-refractivity contribution >= 4 is 9.84 Å². The summed E-state index contributed by atoms with van der Waals surface area (Å²) in [6.45, 7) is 1.58. The van der Waals surface area contributed by atoms with E-state index in [0.29, 0.717) is 11.1 Å². The van der Waals surface area contributed by atoms with E-state index < -0.39 is 9.84 Å². The maximum atomic E-state index is 11.4. The summed E-state index contributed by atoms with van der Waals surface area (Å²) in [6, 6.07) is 2.71. The molecule has 0 saturated heterocycles. The van der Waals surface area contributed by atoms with Crippen molar-refractivity contribution in [2.75, 3.05) is 6.26 Å². The molecule has 0 saturated carbocycles. The van der Waals surface area contributed by atoms with Crippen LogP contribution in [0.4, 0.5) is 0 Å². The molecule has 0 fully saturated rings. The van der Waals surface area contributed by atoms with Gasteiger partial charge in [0.15, 0.2) is 9.84 Å². The average Bonchev–Trinajstić information content (AvgIpc) is 2.09. The van der Waals surface area contributed by atoms with Gasteiger partial charge in [-0.15, -0.1) is 0 Å². The van der Waals surface area contributed by atoms with Crippen molar-refractivity contribution in [3.05, 3.63) is 23.3 Å². The van der Waals surface area contributed by atoms with E-state index in [1.54, 1.807) is 6.92 Å². The lowest BCUT2D eigenvalue weighted by atomic mass is 10.1. The number of rotatable bonds is 3. The van der Waals surface area contributed by atoms with Crippen LogP contribution >= 0.6 is 0 Å². The van der Waals surface area contributed by atoms with Crippen LogP contribution in [0.1, 0.15) is 11.1 Å². The number of hydroxylamine groups is 1. The van der Waals surface area contributed by atoms with Gasteiger partial charge in [0.1, 0.15) is 5.75 Å². The first-order valence-corrected chi connectivity index (χ1v) is 6.15. The summed E-state index contributed by atoms with van der Waals surface area (Å²) in [4.78, 5) is 0.111. The van der Waals surface area contributed by atoms with Crippen LogP contribution < -0.4 is 5.48 Å². The molecule has 1 rings (SSSR count). The molecule has 1 aromatic carbocycles. The molecule has 0 aliphatic rings. The van der Waals surface area contributed by atoms with Crippen LogP contribution in [-0.2, 0) is 16.4 Å². The summed E-state index contributed by atoms with van der Waals surface area (Å²) in [6.07, 6.45) is 1.08. The molecule has 0 atom stereocenters. The lowest BCUT2D eigenvalue weighted by Gasteiger charge is -2.09. The summed E-state index contributed by atoms with van der Waals surface area (Å²) >= 11 is 0. The standard InChI is InChI=1S/C9H13NO4S/c1-6-3-9(15(2,13)14)7(5-10-12)4-8(6)11/h3-4,10-12H,5H2,1-2H3. The predicted octanol–water partition coefficient (Wildman–Crippen LogP) is 0.583. The Labute approximate surface area is 88.2 Å². The highest BCUT2D eigenvalue weighted by Gasteiger charge is 2.15. The van der Waals surface area contributed by atoms with Crippen LogP contribution in [0.2, 0.25) is 0 Å². The van der Waals surface area contributed by atoms with Crippen molar-refractivity contribution < 1.29 is 18.7 Å². The van der Waals surface area contributed by atoms with E-state index in [-0.39, 0.29) is 17.2 Å². The van der Waals surface area contributed by atoms with Gasteiger partial charge >= 0.3 is 0 Å². The highest BCUT2D eigenvalue weighted by molar-refractivity contribution is 7.90. The fourth-order valence-corrected chi connectivity index (χ4v) is 2.28. The summed E-state index contributed by atoms with van der Waals surface area (Å²) in [5.41, 5.74) is 2.69. The smallest absolute Gasteiger partial charge is 0.175 e. The molecule has 0 spiro atoms. The van der Waals surface area contributed by atoms with E-state index in [1.807, 2.05) is 5.48 Å². The average molecular weight is 231 g/mol. The first-order valence-electron chi connectivity index (χ1n) is 4.25. The summed E-state index contributed by atoms with van der Waals surface area (Å²) in [5, 5.41) is 18.0. The van der Waals surface area contributed by atoms with Gasteiger partial charge in [0.05, 0.1) is 4.90 Å². The van der Waals surface area contributed by atoms with Crippen LogP contribution in [-0.4, -0.2) is 25.0 Å². The van der Waals surface area contributed by atoms with E-state index >= 15 is 0 Å². The van der Waals surface area contributed by atoms with Crippen LogP contribution in [0.3, 0.4) is 0 Å². The number of hydrogen-bond acceptors (Lipinski definition) is 5. The number of sulfone groups is 1. The van der Waals surface area contributed by atoms with E-state index in [0.717, 1.165) is 6.26 Å². The topological polar surface area (TPSA) is 86.6 Å². The molecule has 0 aliphatic heterocycles. The molecule has 0 unspecified atom stereocenters. The minimum Gasteiger partial charge on any atom is -0.508 e. The third kappa shape index (κ3) is 2.68. The van der Waals surface area contributed by atoms with Gasteiger partial charge in [-0.05, 0) is 30.2 Å². The van der Waals surface area contributed by atoms with E-state index in [2.05, 4.69) is 0 Å². The third-order valence-electron chi connectivity index (χ3n) is 2.05. The van der Waals surface area contributed by atoms with Crippen LogP contribution in [0, 0.1) is 6.92 Å². The van der Waals surface area contributed by atoms with Crippen molar-refractivity contribution in [2.45, 2.75) is 18.4 Å². The number of hydrogen-bond donors (Lipinski definition) is 3. The maximum Gasteiger partial charge on any atom is 0.175 e. The van der Waals surface area contributed by atoms with Gasteiger partial charge in [0.25, 0.3) is 0 Å². The van der Waals surface area contributed by atoms with Crippen LogP contribution in [0.25, 0.3) is 0 Å². The Bertz CT molecular complexity index is 467. The SMILES string of the molecule is Cc1cc(S(C)(=O)=O)c(CNO)cc1O. The highest BCUT2D eigenvalue weighted by atomic mass is 32.2. The lowest BCUT2D eigenvalue weighted by Crippen LogP contribution is -2.11. The number of nitrogens with one attached hydrogen (secondary N) is 1. The number of phenolic OH excluding ortho intramolecular Hbond substituents is 1. The molecule has 3 N–H and O–H groups in total. The molecule has 84 valence electrons. The molecule has 6 heteroatoms. The van der Waals surface area contributed by atoms with Crippen LogP contribution in [0.5, 0.6) is 5.75 Å². The summed E-state index contributed by atoms with van der Waals surface area (Å²) in [7, 11) is -3.36. The van der Waals surface area contributed by atoms with Crippen molar-refractivity contribution in [2.24, 2.45) is 0 Å². The predicted molar refractivity (Wildman–Crippen MR) is 54.6 cm³/mol. The molecule has 1 aromatic rings. The zero-order chi connectivity index (χ0) is 11.6. The fourth-order valence-electron chi connectivity index (χ4n) is 1.28. The van der Waals surface area contributed by atoms with Crippen LogP contribution in [0.15, 0.2) is 17.0 Å². The highest BCUT2D eigenvalue weighted by Crippen LogP contribution is 2.25.